The van der Waals surface area contributed by atoms with Gasteiger partial charge in [0.25, 0.3) is 11.8 Å². The number of amides is 2. The third-order valence-corrected chi connectivity index (χ3v) is 4.62. The van der Waals surface area contributed by atoms with Gasteiger partial charge in [0.15, 0.2) is 5.82 Å². The van der Waals surface area contributed by atoms with Crippen LogP contribution in [0.25, 0.3) is 0 Å². The zero-order valence-corrected chi connectivity index (χ0v) is 16.9. The molecule has 2 amide bonds. The van der Waals surface area contributed by atoms with Crippen LogP contribution < -0.4 is 21.3 Å². The number of hydrogen-bond donors (Lipinski definition) is 3. The van der Waals surface area contributed by atoms with Crippen molar-refractivity contribution < 1.29 is 14.4 Å². The van der Waals surface area contributed by atoms with Crippen molar-refractivity contribution in [1.82, 2.24) is 20.4 Å². The number of carbonyl (C=O) groups is 3. The Hall–Kier alpha value is -2.91. The Morgan fingerprint density at radius 3 is 2.48 bits per heavy atom. The van der Waals surface area contributed by atoms with Crippen molar-refractivity contribution in [2.24, 2.45) is 12.8 Å². The number of aromatic nitrogens is 2. The zero-order chi connectivity index (χ0) is 20.1. The lowest BCUT2D eigenvalue weighted by atomic mass is 10.0. The average molecular weight is 421 g/mol. The number of Topliss-reactive ketones (excluding diaryl/α,β-unsaturated/α-hetero) is 1. The van der Waals surface area contributed by atoms with E-state index in [0.29, 0.717) is 11.4 Å². The first-order valence-electron chi connectivity index (χ1n) is 9.13. The van der Waals surface area contributed by atoms with E-state index in [-0.39, 0.29) is 18.8 Å². The van der Waals surface area contributed by atoms with Gasteiger partial charge >= 0.3 is 0 Å². The normalized spacial score (nSPS) is 14.6. The van der Waals surface area contributed by atoms with E-state index < -0.39 is 23.6 Å². The van der Waals surface area contributed by atoms with Crippen molar-refractivity contribution in [2.75, 3.05) is 31.1 Å². The molecule has 0 saturated carbocycles. The number of hydrogen-bond acceptors (Lipinski definition) is 6. The molecule has 156 valence electrons. The molecule has 1 aliphatic rings. The van der Waals surface area contributed by atoms with Crippen molar-refractivity contribution >= 4 is 35.8 Å². The number of benzene rings is 1. The topological polar surface area (TPSA) is 122 Å². The molecule has 1 aliphatic heterocycles. The molecule has 0 spiro atoms. The van der Waals surface area contributed by atoms with Crippen LogP contribution in [0.2, 0.25) is 0 Å². The fraction of sp³-hybridized carbons (Fsp3) is 0.368. The third kappa shape index (κ3) is 5.55. The Morgan fingerprint density at radius 1 is 1.21 bits per heavy atom. The van der Waals surface area contributed by atoms with E-state index in [1.165, 1.54) is 0 Å². The molecule has 1 fully saturated rings. The lowest BCUT2D eigenvalue weighted by Crippen LogP contribution is -2.48. The lowest BCUT2D eigenvalue weighted by Gasteiger charge is -2.28. The first-order chi connectivity index (χ1) is 13.5. The van der Waals surface area contributed by atoms with E-state index in [4.69, 9.17) is 5.73 Å². The number of nitrogens with one attached hydrogen (secondary N) is 2. The Balaban J connectivity index is 0.00000300. The summed E-state index contributed by atoms with van der Waals surface area (Å²) in [4.78, 5) is 38.7. The summed E-state index contributed by atoms with van der Waals surface area (Å²) in [5, 5.41) is 10.3. The minimum atomic E-state index is -1.07. The summed E-state index contributed by atoms with van der Waals surface area (Å²) in [6.07, 6.45) is 1.79. The highest BCUT2D eigenvalue weighted by Gasteiger charge is 2.29. The number of rotatable bonds is 7. The summed E-state index contributed by atoms with van der Waals surface area (Å²) in [6, 6.07) is 8.11. The number of piperazine rings is 1. The maximum absolute atomic E-state index is 12.9. The Kier molecular flexibility index (Phi) is 7.74. The maximum Gasteiger partial charge on any atom is 0.287 e. The third-order valence-electron chi connectivity index (χ3n) is 4.62. The van der Waals surface area contributed by atoms with E-state index in [1.54, 1.807) is 17.9 Å². The second kappa shape index (κ2) is 10.0. The molecule has 4 N–H and O–H groups in total. The second-order valence-corrected chi connectivity index (χ2v) is 6.72. The molecule has 0 aliphatic carbocycles. The molecule has 1 saturated heterocycles. The van der Waals surface area contributed by atoms with Gasteiger partial charge in [-0.05, 0) is 5.56 Å². The molecular formula is C19H25ClN6O3. The van der Waals surface area contributed by atoms with Gasteiger partial charge in [-0.15, -0.1) is 12.4 Å². The van der Waals surface area contributed by atoms with Crippen LogP contribution in [0.15, 0.2) is 36.5 Å². The second-order valence-electron chi connectivity index (χ2n) is 6.72. The van der Waals surface area contributed by atoms with Crippen LogP contribution in [0, 0.1) is 0 Å². The van der Waals surface area contributed by atoms with Crippen molar-refractivity contribution in [3.8, 4) is 0 Å². The molecule has 3 rings (SSSR count). The van der Waals surface area contributed by atoms with Crippen LogP contribution >= 0.6 is 12.4 Å². The van der Waals surface area contributed by atoms with Crippen molar-refractivity contribution in [2.45, 2.75) is 12.5 Å². The predicted molar refractivity (Wildman–Crippen MR) is 111 cm³/mol. The van der Waals surface area contributed by atoms with Crippen LogP contribution in [0.3, 0.4) is 0 Å². The molecule has 10 heteroatoms. The number of ketones is 1. The highest BCUT2D eigenvalue weighted by Crippen LogP contribution is 2.19. The Morgan fingerprint density at radius 2 is 1.86 bits per heavy atom. The number of aryl methyl sites for hydroxylation is 1. The van der Waals surface area contributed by atoms with E-state index >= 15 is 0 Å². The van der Waals surface area contributed by atoms with Crippen molar-refractivity contribution in [1.29, 1.82) is 0 Å². The molecule has 2 aromatic rings. The monoisotopic (exact) mass is 420 g/mol. The van der Waals surface area contributed by atoms with Gasteiger partial charge in [-0.1, -0.05) is 30.3 Å². The Bertz CT molecular complexity index is 864. The first-order valence-corrected chi connectivity index (χ1v) is 9.13. The molecule has 1 aromatic carbocycles. The fourth-order valence-corrected chi connectivity index (χ4v) is 3.21. The molecule has 0 radical (unpaired) electrons. The summed E-state index contributed by atoms with van der Waals surface area (Å²) >= 11 is 0. The van der Waals surface area contributed by atoms with Crippen LogP contribution in [0.5, 0.6) is 0 Å². The molecule has 1 aromatic heterocycles. The van der Waals surface area contributed by atoms with E-state index in [2.05, 4.69) is 15.7 Å². The summed E-state index contributed by atoms with van der Waals surface area (Å²) in [5.41, 5.74) is 6.36. The summed E-state index contributed by atoms with van der Waals surface area (Å²) < 4.78 is 1.56. The molecule has 1 atom stereocenters. The number of nitrogens with zero attached hydrogens (tertiary/aromatic N) is 3. The van der Waals surface area contributed by atoms with Gasteiger partial charge in [0.05, 0.1) is 0 Å². The number of anilines is 1. The van der Waals surface area contributed by atoms with E-state index in [9.17, 15) is 14.4 Å². The smallest absolute Gasteiger partial charge is 0.287 e. The number of nitrogens with two attached hydrogens (primary N) is 1. The van der Waals surface area contributed by atoms with Crippen LogP contribution in [0.4, 0.5) is 5.82 Å². The first kappa shape index (κ1) is 22.4. The molecule has 1 unspecified atom stereocenters. The average Bonchev–Trinajstić information content (AvgIpc) is 3.10. The fourth-order valence-electron chi connectivity index (χ4n) is 3.21. The highest BCUT2D eigenvalue weighted by molar-refractivity contribution is 6.38. The number of carbonyl (C=O) groups excluding carboxylic acids is 3. The maximum atomic E-state index is 12.9. The standard InChI is InChI=1S/C19H24N6O3.ClH/c1-24-12-14(18(23-24)25-9-7-21-8-10-25)19(28)22-15(16(26)17(20)27)11-13-5-3-2-4-6-13;/h2-6,12,15,21H,7-11H2,1H3,(H2,20,27)(H,22,28);1H. The van der Waals surface area contributed by atoms with Crippen LogP contribution in [-0.4, -0.2) is 59.6 Å². The van der Waals surface area contributed by atoms with Gasteiger partial charge in [-0.25, -0.2) is 0 Å². The van der Waals surface area contributed by atoms with E-state index in [1.807, 2.05) is 35.2 Å². The SMILES string of the molecule is Cl.Cn1cc(C(=O)NC(Cc2ccccc2)C(=O)C(N)=O)c(N2CCNCC2)n1. The Labute approximate surface area is 175 Å². The predicted octanol–water partition coefficient (Wildman–Crippen LogP) is -0.353. The minimum Gasteiger partial charge on any atom is -0.363 e. The van der Waals surface area contributed by atoms with Gasteiger partial charge < -0.3 is 21.3 Å². The van der Waals surface area contributed by atoms with Gasteiger partial charge in [-0.3, -0.25) is 19.1 Å². The molecule has 2 heterocycles. The van der Waals surface area contributed by atoms with Gasteiger partial charge in [0.1, 0.15) is 11.6 Å². The van der Waals surface area contributed by atoms with Gasteiger partial charge in [0.2, 0.25) is 5.78 Å². The molecule has 29 heavy (non-hydrogen) atoms. The molecule has 0 bridgehead atoms. The molecule has 9 nitrogen and oxygen atoms in total. The van der Waals surface area contributed by atoms with E-state index in [0.717, 1.165) is 31.7 Å². The summed E-state index contributed by atoms with van der Waals surface area (Å²) in [6.45, 7) is 3.05. The molecular weight excluding hydrogens is 396 g/mol. The van der Waals surface area contributed by atoms with Crippen molar-refractivity contribution in [3.63, 3.8) is 0 Å². The van der Waals surface area contributed by atoms with Crippen LogP contribution in [0.1, 0.15) is 15.9 Å². The minimum absolute atomic E-state index is 0. The zero-order valence-electron chi connectivity index (χ0n) is 16.1. The number of halogens is 1. The van der Waals surface area contributed by atoms with Gasteiger partial charge in [-0.2, -0.15) is 5.10 Å². The van der Waals surface area contributed by atoms with Gasteiger partial charge in [0, 0.05) is 45.8 Å². The highest BCUT2D eigenvalue weighted by atomic mass is 35.5. The number of primary amides is 1. The largest absolute Gasteiger partial charge is 0.363 e. The summed E-state index contributed by atoms with van der Waals surface area (Å²) in [7, 11) is 1.73. The quantitative estimate of drug-likeness (QED) is 0.526. The lowest BCUT2D eigenvalue weighted by molar-refractivity contribution is -0.137. The summed E-state index contributed by atoms with van der Waals surface area (Å²) in [5.74, 6) is -1.80. The van der Waals surface area contributed by atoms with Crippen LogP contribution in [-0.2, 0) is 23.1 Å². The van der Waals surface area contributed by atoms with Crippen molar-refractivity contribution in [3.05, 3.63) is 47.7 Å².